The standard InChI is InChI=1S/4C16H14.C12H12/c1-11-5-3-7-13-9-14-8-4-6-12(2)16(14)10-15(11)13;1-11-6-5-8-14-10-13-7-3-4-9-15(13)12(2)16(11)14;1-11-6-5-9-15-14-8-4-3-7-13(14)10-12(2)16(11)15;1-11-6-7-13-8-9-14-5-3-4-12(2)16(14)15(13)10-11;1-9-5-3-7-11-8-4-6-10(2)12(9)11/h4*3-10H,1-2H3;3-8H,1-2H3. The van der Waals surface area contributed by atoms with Gasteiger partial charge in [-0.3, -0.25) is 0 Å². The number of aryl methyl sites for hydroxylation is 10. The van der Waals surface area contributed by atoms with E-state index in [1.54, 1.807) is 0 Å². The van der Waals surface area contributed by atoms with Crippen molar-refractivity contribution in [3.63, 3.8) is 0 Å². The molecule has 14 rings (SSSR count). The topological polar surface area (TPSA) is 0 Å². The molecule has 0 nitrogen and oxygen atoms in total. The van der Waals surface area contributed by atoms with Crippen LogP contribution in [0, 0.1) is 69.2 Å². The Kier molecular flexibility index (Phi) is 14.8. The number of hydrogen-bond donors (Lipinski definition) is 0. The molecule has 14 aromatic carbocycles. The molecule has 0 fully saturated rings. The molecule has 0 aromatic heterocycles. The van der Waals surface area contributed by atoms with Crippen LogP contribution in [0.2, 0.25) is 0 Å². The molecule has 0 N–H and O–H groups in total. The highest BCUT2D eigenvalue weighted by molar-refractivity contribution is 6.11. The minimum absolute atomic E-state index is 1.32. The van der Waals surface area contributed by atoms with Crippen molar-refractivity contribution in [2.75, 3.05) is 0 Å². The molecule has 0 saturated carbocycles. The van der Waals surface area contributed by atoms with Gasteiger partial charge in [-0.05, 0) is 234 Å². The summed E-state index contributed by atoms with van der Waals surface area (Å²) in [6, 6.07) is 82.8. The van der Waals surface area contributed by atoms with Crippen LogP contribution in [0.5, 0.6) is 0 Å². The van der Waals surface area contributed by atoms with Crippen LogP contribution < -0.4 is 0 Å². The summed E-state index contributed by atoms with van der Waals surface area (Å²) in [5.74, 6) is 0. The molecule has 0 spiro atoms. The van der Waals surface area contributed by atoms with Gasteiger partial charge in [-0.1, -0.05) is 218 Å². The molecule has 0 heterocycles. The first-order valence-corrected chi connectivity index (χ1v) is 26.8. The zero-order valence-electron chi connectivity index (χ0n) is 45.9. The molecule has 0 bridgehead atoms. The number of fused-ring (bicyclic) bond motifs is 11. The van der Waals surface area contributed by atoms with E-state index < -0.39 is 0 Å². The van der Waals surface area contributed by atoms with Crippen molar-refractivity contribution in [1.82, 2.24) is 0 Å². The molecule has 76 heavy (non-hydrogen) atoms. The molecule has 0 heteroatoms. The molecule has 0 aliphatic rings. The third-order valence-corrected chi connectivity index (χ3v) is 15.5. The third kappa shape index (κ3) is 10.4. The quantitative estimate of drug-likeness (QED) is 0.105. The summed E-state index contributed by atoms with van der Waals surface area (Å²) in [5.41, 5.74) is 13.6. The van der Waals surface area contributed by atoms with Gasteiger partial charge in [0.25, 0.3) is 0 Å². The molecule has 372 valence electrons. The predicted molar refractivity (Wildman–Crippen MR) is 337 cm³/mol. The Morgan fingerprint density at radius 3 is 1.14 bits per heavy atom. The lowest BCUT2D eigenvalue weighted by Crippen LogP contribution is -1.85. The van der Waals surface area contributed by atoms with Crippen molar-refractivity contribution < 1.29 is 0 Å². The minimum Gasteiger partial charge on any atom is -0.0616 e. The Morgan fingerprint density at radius 1 is 0.171 bits per heavy atom. The van der Waals surface area contributed by atoms with Crippen LogP contribution >= 0.6 is 0 Å². The lowest BCUT2D eigenvalue weighted by Gasteiger charge is -2.09. The number of rotatable bonds is 0. The lowest BCUT2D eigenvalue weighted by molar-refractivity contribution is 1.46. The smallest absolute Gasteiger partial charge is 0.00760 e. The van der Waals surface area contributed by atoms with E-state index in [0.717, 1.165) is 0 Å². The molecule has 14 aromatic rings. The van der Waals surface area contributed by atoms with Gasteiger partial charge >= 0.3 is 0 Å². The number of benzene rings is 14. The van der Waals surface area contributed by atoms with Crippen LogP contribution in [0.25, 0.3) is 97.0 Å². The number of hydrogen-bond acceptors (Lipinski definition) is 0. The summed E-state index contributed by atoms with van der Waals surface area (Å²) >= 11 is 0. The summed E-state index contributed by atoms with van der Waals surface area (Å²) in [4.78, 5) is 0. The largest absolute Gasteiger partial charge is 0.0616 e. The fourth-order valence-electron chi connectivity index (χ4n) is 11.7. The van der Waals surface area contributed by atoms with Gasteiger partial charge in [0, 0.05) is 0 Å². The van der Waals surface area contributed by atoms with Crippen molar-refractivity contribution in [2.24, 2.45) is 0 Å². The van der Waals surface area contributed by atoms with Crippen LogP contribution in [0.4, 0.5) is 0 Å². The van der Waals surface area contributed by atoms with Gasteiger partial charge in [-0.25, -0.2) is 0 Å². The first-order valence-electron chi connectivity index (χ1n) is 26.8. The monoisotopic (exact) mass is 981 g/mol. The van der Waals surface area contributed by atoms with Gasteiger partial charge in [0.05, 0.1) is 0 Å². The fraction of sp³-hybridized carbons (Fsp3) is 0.132. The SMILES string of the molecule is Cc1ccc2ccc3cccc(C)c3c2c1.Cc1cccc2c1c(C)cc1ccccc12.Cc1cccc2cc3cccc(C)c3cc12.Cc1cccc2cc3ccccc3c(C)c12.Cc1cccc2cccc(C)c12. The van der Waals surface area contributed by atoms with E-state index in [1.807, 2.05) is 0 Å². The van der Waals surface area contributed by atoms with Gasteiger partial charge < -0.3 is 0 Å². The molecule has 0 aliphatic heterocycles. The van der Waals surface area contributed by atoms with Crippen molar-refractivity contribution >= 4 is 97.0 Å². The van der Waals surface area contributed by atoms with E-state index in [0.29, 0.717) is 0 Å². The van der Waals surface area contributed by atoms with Crippen LogP contribution in [-0.2, 0) is 0 Å². The lowest BCUT2D eigenvalue weighted by atomic mass is 9.95. The molecule has 0 unspecified atom stereocenters. The average molecular weight is 981 g/mol. The van der Waals surface area contributed by atoms with Crippen molar-refractivity contribution in [2.45, 2.75) is 69.2 Å². The van der Waals surface area contributed by atoms with Crippen LogP contribution in [0.3, 0.4) is 0 Å². The maximum Gasteiger partial charge on any atom is -0.00760 e. The zero-order valence-corrected chi connectivity index (χ0v) is 45.9. The molecular formula is C76H68. The molecule has 0 aliphatic carbocycles. The van der Waals surface area contributed by atoms with E-state index in [1.165, 1.54) is 153 Å². The van der Waals surface area contributed by atoms with Gasteiger partial charge in [0.1, 0.15) is 0 Å². The van der Waals surface area contributed by atoms with E-state index in [-0.39, 0.29) is 0 Å². The van der Waals surface area contributed by atoms with Crippen molar-refractivity contribution in [3.05, 3.63) is 286 Å². The van der Waals surface area contributed by atoms with Crippen molar-refractivity contribution in [3.8, 4) is 0 Å². The Bertz CT molecular complexity index is 4310. The molecule has 0 saturated heterocycles. The van der Waals surface area contributed by atoms with E-state index in [9.17, 15) is 0 Å². The maximum atomic E-state index is 2.31. The molecule has 0 amide bonds. The van der Waals surface area contributed by atoms with Gasteiger partial charge in [-0.2, -0.15) is 0 Å². The van der Waals surface area contributed by atoms with Crippen LogP contribution in [0.15, 0.2) is 231 Å². The predicted octanol–water partition coefficient (Wildman–Crippen LogP) is 21.9. The van der Waals surface area contributed by atoms with Crippen LogP contribution in [-0.4, -0.2) is 0 Å². The summed E-state index contributed by atoms with van der Waals surface area (Å²) in [6.45, 7) is 21.8. The summed E-state index contributed by atoms with van der Waals surface area (Å²) in [5, 5.41) is 24.5. The first kappa shape index (κ1) is 50.9. The second-order valence-electron chi connectivity index (χ2n) is 21.0. The average Bonchev–Trinajstić information content (AvgIpc) is 3.42. The Hall–Kier alpha value is -8.58. The van der Waals surface area contributed by atoms with Crippen molar-refractivity contribution in [1.29, 1.82) is 0 Å². The molecular weight excluding hydrogens is 913 g/mol. The van der Waals surface area contributed by atoms with E-state index in [4.69, 9.17) is 0 Å². The Morgan fingerprint density at radius 2 is 0.553 bits per heavy atom. The second-order valence-corrected chi connectivity index (χ2v) is 21.0. The normalized spacial score (nSPS) is 11.0. The van der Waals surface area contributed by atoms with E-state index in [2.05, 4.69) is 300 Å². The first-order chi connectivity index (χ1) is 36.8. The Balaban J connectivity index is 0.000000108. The third-order valence-electron chi connectivity index (χ3n) is 15.5. The second kappa shape index (κ2) is 22.1. The highest BCUT2D eigenvalue weighted by atomic mass is 14.1. The van der Waals surface area contributed by atoms with E-state index >= 15 is 0 Å². The van der Waals surface area contributed by atoms with Gasteiger partial charge in [0.2, 0.25) is 0 Å². The zero-order chi connectivity index (χ0) is 53.0. The highest BCUT2D eigenvalue weighted by Crippen LogP contribution is 2.33. The molecule has 0 atom stereocenters. The van der Waals surface area contributed by atoms with Gasteiger partial charge in [-0.15, -0.1) is 0 Å². The fourth-order valence-corrected chi connectivity index (χ4v) is 11.7. The summed E-state index contributed by atoms with van der Waals surface area (Å²) in [6.07, 6.45) is 0. The van der Waals surface area contributed by atoms with Gasteiger partial charge in [0.15, 0.2) is 0 Å². The minimum atomic E-state index is 1.32. The summed E-state index contributed by atoms with van der Waals surface area (Å²) < 4.78 is 0. The Labute approximate surface area is 449 Å². The summed E-state index contributed by atoms with van der Waals surface area (Å²) in [7, 11) is 0. The van der Waals surface area contributed by atoms with Crippen LogP contribution in [0.1, 0.15) is 55.6 Å². The maximum absolute atomic E-state index is 2.31. The molecule has 0 radical (unpaired) electrons. The highest BCUT2D eigenvalue weighted by Gasteiger charge is 2.08.